The number of anilines is 2. The molecule has 11 rings (SSSR count). The van der Waals surface area contributed by atoms with Gasteiger partial charge in [-0.05, 0) is 122 Å². The van der Waals surface area contributed by atoms with Crippen LogP contribution in [0, 0.1) is 0 Å². The number of urea groups is 1. The van der Waals surface area contributed by atoms with Crippen molar-refractivity contribution in [2.45, 2.75) is 170 Å². The van der Waals surface area contributed by atoms with E-state index >= 15 is 0 Å². The van der Waals surface area contributed by atoms with E-state index in [4.69, 9.17) is 79.9 Å². The molecule has 500 valence electrons. The average molecular weight is 1420 g/mol. The number of amides is 2. The number of sulfone groups is 4. The lowest BCUT2D eigenvalue weighted by atomic mass is 9.97. The number of nitrogens with zero attached hydrogens (tertiary/aromatic N) is 2. The van der Waals surface area contributed by atoms with Crippen molar-refractivity contribution in [2.24, 2.45) is 0 Å². The molecule has 91 heavy (non-hydrogen) atoms. The summed E-state index contributed by atoms with van der Waals surface area (Å²) < 4.78 is 133. The number of oxazole rings is 2. The van der Waals surface area contributed by atoms with Crippen LogP contribution >= 0.6 is 46.4 Å². The van der Waals surface area contributed by atoms with Gasteiger partial charge in [0.1, 0.15) is 30.6 Å². The second-order valence-corrected chi connectivity index (χ2v) is 37.5. The van der Waals surface area contributed by atoms with Gasteiger partial charge in [-0.1, -0.05) is 99.6 Å². The number of halogens is 4. The number of benzene rings is 4. The summed E-state index contributed by atoms with van der Waals surface area (Å²) >= 11 is 24.5. The predicted molar refractivity (Wildman–Crippen MR) is 349 cm³/mol. The number of rotatable bonds is 10. The Labute approximate surface area is 550 Å². The molecule has 4 aromatic carbocycles. The van der Waals surface area contributed by atoms with Crippen molar-refractivity contribution in [3.8, 4) is 11.5 Å². The number of nitrogens with two attached hydrogens (primary N) is 1. The number of carbonyl (C=O) groups is 1. The van der Waals surface area contributed by atoms with E-state index in [1.54, 1.807) is 52.0 Å². The molecule has 6 aromatic rings. The van der Waals surface area contributed by atoms with E-state index in [0.717, 1.165) is 18.4 Å². The van der Waals surface area contributed by atoms with Crippen LogP contribution in [0.1, 0.15) is 126 Å². The highest BCUT2D eigenvalue weighted by molar-refractivity contribution is 7.94. The van der Waals surface area contributed by atoms with Crippen molar-refractivity contribution in [2.75, 3.05) is 63.9 Å². The molecule has 30 heteroatoms. The minimum atomic E-state index is -3.98. The third-order valence-electron chi connectivity index (χ3n) is 16.8. The van der Waals surface area contributed by atoms with E-state index in [0.29, 0.717) is 74.9 Å². The third-order valence-corrected chi connectivity index (χ3v) is 28.8. The maximum absolute atomic E-state index is 13.2. The molecule has 1 unspecified atom stereocenters. The number of ether oxygens (including phenoxy) is 4. The Morgan fingerprint density at radius 1 is 0.549 bits per heavy atom. The fourth-order valence-corrected chi connectivity index (χ4v) is 19.5. The molecule has 6 N–H and O–H groups in total. The summed E-state index contributed by atoms with van der Waals surface area (Å²) in [5, 5.41) is 26.0. The molecular formula is C61H77Cl4N5O17S4. The molecule has 0 saturated carbocycles. The first-order valence-electron chi connectivity index (χ1n) is 29.1. The summed E-state index contributed by atoms with van der Waals surface area (Å²) in [6.45, 7) is 22.2. The number of aromatic hydroxyl groups is 2. The summed E-state index contributed by atoms with van der Waals surface area (Å²) in [5.74, 6) is -0.0850. The van der Waals surface area contributed by atoms with Gasteiger partial charge in [-0.3, -0.25) is 0 Å². The van der Waals surface area contributed by atoms with Gasteiger partial charge in [0.2, 0.25) is 11.8 Å². The molecule has 6 heterocycles. The van der Waals surface area contributed by atoms with Crippen LogP contribution in [0.4, 0.5) is 16.2 Å². The van der Waals surface area contributed by atoms with Crippen LogP contribution in [0.5, 0.6) is 11.5 Å². The number of aromatic nitrogens is 2. The number of allylic oxidation sites excluding steroid dienone is 1. The first-order valence-corrected chi connectivity index (χ1v) is 36.5. The summed E-state index contributed by atoms with van der Waals surface area (Å²) in [6.07, 6.45) is 5.29. The van der Waals surface area contributed by atoms with Crippen LogP contribution in [0.25, 0.3) is 22.2 Å². The molecule has 5 atom stereocenters. The van der Waals surface area contributed by atoms with Gasteiger partial charge in [0, 0.05) is 37.3 Å². The van der Waals surface area contributed by atoms with E-state index in [9.17, 15) is 48.7 Å². The zero-order valence-electron chi connectivity index (χ0n) is 52.3. The van der Waals surface area contributed by atoms with E-state index in [-0.39, 0.29) is 106 Å². The summed E-state index contributed by atoms with van der Waals surface area (Å²) in [5.41, 5.74) is 7.38. The van der Waals surface area contributed by atoms with Crippen LogP contribution in [-0.2, 0) is 69.1 Å². The Morgan fingerprint density at radius 2 is 0.890 bits per heavy atom. The highest BCUT2D eigenvalue weighted by Crippen LogP contribution is 2.47. The van der Waals surface area contributed by atoms with Crippen molar-refractivity contribution in [1.29, 1.82) is 0 Å². The van der Waals surface area contributed by atoms with Crippen molar-refractivity contribution in [1.82, 2.24) is 15.3 Å². The SMILES string of the molecule is CC(C)(C)c1nc2ccc(Cl)c(S(=O)(=O)C3(C)CCOC3)c2o1.CC(C)(C)c1nc2ccc(Cl)c(S(=O)(=O)[C@@]3(C)CCOC3)c2o1.CC1=CCC[C@H]1NC(=O)Nc1ccc(Cl)c(S(=O)(=O)[C@@]2(C)CCOC2)c1O.C[C@]1(S(=O)(=O)c2c(Cl)ccc(N)c2O)CCOC1. The van der Waals surface area contributed by atoms with Gasteiger partial charge in [0.15, 0.2) is 62.0 Å². The van der Waals surface area contributed by atoms with Gasteiger partial charge in [-0.2, -0.15) is 0 Å². The first kappa shape index (κ1) is 71.9. The molecule has 4 fully saturated rings. The number of nitrogens with one attached hydrogen (secondary N) is 2. The van der Waals surface area contributed by atoms with Crippen LogP contribution in [-0.4, -0.2) is 138 Å². The van der Waals surface area contributed by atoms with Crippen molar-refractivity contribution in [3.05, 3.63) is 92.1 Å². The predicted octanol–water partition coefficient (Wildman–Crippen LogP) is 12.3. The number of nitrogen functional groups attached to an aromatic ring is 1. The molecule has 2 amide bonds. The summed E-state index contributed by atoms with van der Waals surface area (Å²) in [6, 6.07) is 11.3. The lowest BCUT2D eigenvalue weighted by molar-refractivity contribution is 0.191. The van der Waals surface area contributed by atoms with Gasteiger partial charge in [-0.25, -0.2) is 48.4 Å². The molecule has 5 aliphatic rings. The van der Waals surface area contributed by atoms with Gasteiger partial charge >= 0.3 is 6.03 Å². The number of hydrogen-bond donors (Lipinski definition) is 5. The minimum Gasteiger partial charge on any atom is -0.504 e. The Morgan fingerprint density at radius 3 is 1.23 bits per heavy atom. The number of phenolic OH excluding ortho intramolecular Hbond substituents is 2. The quantitative estimate of drug-likeness (QED) is 0.0483. The van der Waals surface area contributed by atoms with E-state index in [2.05, 4.69) is 26.7 Å². The molecule has 4 saturated heterocycles. The highest BCUT2D eigenvalue weighted by atomic mass is 35.5. The second kappa shape index (κ2) is 26.3. The number of hydrogen-bond acceptors (Lipinski definition) is 20. The molecule has 1 aliphatic carbocycles. The van der Waals surface area contributed by atoms with E-state index in [1.807, 2.05) is 48.5 Å². The number of phenols is 2. The summed E-state index contributed by atoms with van der Waals surface area (Å²) in [4.78, 5) is 20.5. The Kier molecular flexibility index (Phi) is 20.8. The molecule has 0 bridgehead atoms. The number of fused-ring (bicyclic) bond motifs is 2. The van der Waals surface area contributed by atoms with Crippen LogP contribution in [0.2, 0.25) is 20.1 Å². The van der Waals surface area contributed by atoms with Crippen LogP contribution in [0.15, 0.2) is 88.6 Å². The van der Waals surface area contributed by atoms with Gasteiger partial charge in [0.05, 0.1) is 82.9 Å². The summed E-state index contributed by atoms with van der Waals surface area (Å²) in [7, 11) is -15.2. The molecule has 0 radical (unpaired) electrons. The fraction of sp³-hybridized carbons (Fsp3) is 0.525. The number of carbonyl (C=O) groups excluding carboxylic acids is 1. The van der Waals surface area contributed by atoms with Gasteiger partial charge < -0.3 is 54.4 Å². The minimum absolute atomic E-state index is 0.0134. The molecule has 4 aliphatic heterocycles. The fourth-order valence-electron chi connectivity index (χ4n) is 10.5. The van der Waals surface area contributed by atoms with E-state index in [1.165, 1.54) is 24.3 Å². The van der Waals surface area contributed by atoms with Gasteiger partial charge in [0.25, 0.3) is 0 Å². The van der Waals surface area contributed by atoms with Crippen LogP contribution < -0.4 is 16.4 Å². The largest absolute Gasteiger partial charge is 0.504 e. The molecule has 22 nitrogen and oxygen atoms in total. The maximum atomic E-state index is 13.2. The molecule has 2 aromatic heterocycles. The van der Waals surface area contributed by atoms with Crippen molar-refractivity contribution in [3.63, 3.8) is 0 Å². The first-order chi connectivity index (χ1) is 42.1. The zero-order chi connectivity index (χ0) is 67.5. The molecular weight excluding hydrogens is 1340 g/mol. The average Bonchev–Trinajstić information content (AvgIpc) is 1.71. The zero-order valence-corrected chi connectivity index (χ0v) is 58.6. The highest BCUT2D eigenvalue weighted by Gasteiger charge is 2.50. The second-order valence-electron chi connectivity index (χ2n) is 26.3. The Bertz CT molecular complexity index is 4120. The third kappa shape index (κ3) is 13.9. The van der Waals surface area contributed by atoms with Crippen molar-refractivity contribution >= 4 is 125 Å². The lowest BCUT2D eigenvalue weighted by Crippen LogP contribution is -2.37. The standard InChI is InChI=1S/C18H23ClN2O5S.2C16H20ClNO4S.C11H14ClNO4S/c1-11-4-3-5-13(11)20-17(23)21-14-7-6-12(19)16(15(14)22)27(24,25)18(2)8-9-26-10-18;2*1-15(2,3)14-18-11-6-5-10(17)13(12(11)22-14)23(19,20)16(4)7-8-21-9-16;1-11(4-5-17-6-11)18(15,16)10-7(12)2-3-8(13)9(10)14/h4,6-7,13,22H,3,5,8-10H2,1-2H3,(H2,20,21,23);2*5-6H,7-9H2,1-4H3;2-3,14H,4-6,13H2,1H3/t13-,18+;16-;;11-/m10.0/s1. The van der Waals surface area contributed by atoms with Crippen LogP contribution in [0.3, 0.4) is 0 Å². The van der Waals surface area contributed by atoms with E-state index < -0.39 is 75.9 Å². The van der Waals surface area contributed by atoms with Gasteiger partial charge in [-0.15, -0.1) is 0 Å². The normalized spacial score (nSPS) is 23.9. The topological polar surface area (TPSA) is 333 Å². The maximum Gasteiger partial charge on any atom is 0.319 e. The van der Waals surface area contributed by atoms with Crippen molar-refractivity contribution < 1.29 is 76.5 Å². The monoisotopic (exact) mass is 1420 g/mol. The lowest BCUT2D eigenvalue weighted by Gasteiger charge is -2.24. The Balaban J connectivity index is 0.000000158. The Hall–Kier alpha value is -4.97. The molecule has 0 spiro atoms. The smallest absolute Gasteiger partial charge is 0.319 e.